The summed E-state index contributed by atoms with van der Waals surface area (Å²) in [4.78, 5) is 13.1. The Morgan fingerprint density at radius 2 is 1.86 bits per heavy atom. The van der Waals surface area contributed by atoms with E-state index in [1.54, 1.807) is 12.1 Å². The average molecular weight is 421 g/mol. The lowest BCUT2D eigenvalue weighted by atomic mass is 9.82. The molecule has 0 aliphatic carbocycles. The van der Waals surface area contributed by atoms with Crippen molar-refractivity contribution in [3.05, 3.63) is 64.7 Å². The van der Waals surface area contributed by atoms with Crippen molar-refractivity contribution in [1.82, 2.24) is 9.62 Å². The van der Waals surface area contributed by atoms with Crippen molar-refractivity contribution < 1.29 is 13.2 Å². The smallest absolute Gasteiger partial charge is 0.243 e. The van der Waals surface area contributed by atoms with Crippen LogP contribution in [0.15, 0.2) is 53.4 Å². The molecule has 3 rings (SSSR count). The molecule has 1 atom stereocenters. The number of sulfonamides is 1. The van der Waals surface area contributed by atoms with Gasteiger partial charge in [0.05, 0.1) is 10.3 Å². The number of aryl methyl sites for hydroxylation is 1. The van der Waals surface area contributed by atoms with Gasteiger partial charge in [0.15, 0.2) is 0 Å². The fraction of sp³-hybridized carbons (Fsp3) is 0.381. The monoisotopic (exact) mass is 420 g/mol. The molecule has 2 aromatic rings. The molecular weight excluding hydrogens is 396 g/mol. The van der Waals surface area contributed by atoms with Crippen LogP contribution in [0.1, 0.15) is 30.9 Å². The van der Waals surface area contributed by atoms with Crippen molar-refractivity contribution in [2.75, 3.05) is 13.1 Å². The zero-order valence-corrected chi connectivity index (χ0v) is 17.7. The first-order valence-corrected chi connectivity index (χ1v) is 11.1. The summed E-state index contributed by atoms with van der Waals surface area (Å²) in [5, 5.41) is 3.48. The summed E-state index contributed by atoms with van der Waals surface area (Å²) in [5.41, 5.74) is 1.41. The molecule has 2 aromatic carbocycles. The van der Waals surface area contributed by atoms with Gasteiger partial charge in [0.25, 0.3) is 0 Å². The number of nitrogens with zero attached hydrogens (tertiary/aromatic N) is 1. The van der Waals surface area contributed by atoms with E-state index in [1.807, 2.05) is 38.1 Å². The predicted octanol–water partition coefficient (Wildman–Crippen LogP) is 3.76. The van der Waals surface area contributed by atoms with E-state index >= 15 is 0 Å². The van der Waals surface area contributed by atoms with E-state index in [9.17, 15) is 13.2 Å². The molecule has 0 radical (unpaired) electrons. The van der Waals surface area contributed by atoms with Gasteiger partial charge in [-0.05, 0) is 62.1 Å². The molecule has 0 aromatic heterocycles. The number of carbonyl (C=O) groups is 1. The van der Waals surface area contributed by atoms with E-state index in [4.69, 9.17) is 11.6 Å². The topological polar surface area (TPSA) is 66.5 Å². The number of piperidine rings is 1. The third-order valence-electron chi connectivity index (χ3n) is 5.36. The van der Waals surface area contributed by atoms with Crippen molar-refractivity contribution in [1.29, 1.82) is 0 Å². The van der Waals surface area contributed by atoms with Crippen LogP contribution < -0.4 is 5.32 Å². The molecule has 7 heteroatoms. The van der Waals surface area contributed by atoms with E-state index < -0.39 is 15.4 Å². The Bertz CT molecular complexity index is 960. The molecule has 150 valence electrons. The molecule has 1 fully saturated rings. The lowest BCUT2D eigenvalue weighted by Gasteiger charge is -2.38. The molecule has 1 aliphatic heterocycles. The Balaban J connectivity index is 1.72. The van der Waals surface area contributed by atoms with Crippen LogP contribution in [0, 0.1) is 12.3 Å². The number of benzene rings is 2. The Morgan fingerprint density at radius 3 is 2.54 bits per heavy atom. The van der Waals surface area contributed by atoms with Crippen molar-refractivity contribution >= 4 is 27.5 Å². The molecule has 28 heavy (non-hydrogen) atoms. The number of amides is 1. The van der Waals surface area contributed by atoms with Crippen LogP contribution in [0.4, 0.5) is 0 Å². The van der Waals surface area contributed by atoms with Crippen molar-refractivity contribution in [2.24, 2.45) is 5.41 Å². The zero-order valence-electron chi connectivity index (χ0n) is 16.1. The first kappa shape index (κ1) is 20.8. The predicted molar refractivity (Wildman–Crippen MR) is 111 cm³/mol. The number of hydrogen-bond donors (Lipinski definition) is 1. The second kappa shape index (κ2) is 8.23. The van der Waals surface area contributed by atoms with Gasteiger partial charge in [-0.15, -0.1) is 0 Å². The third-order valence-corrected chi connectivity index (χ3v) is 7.47. The van der Waals surface area contributed by atoms with Crippen molar-refractivity contribution in [2.45, 2.75) is 38.1 Å². The van der Waals surface area contributed by atoms with Crippen LogP contribution in [-0.2, 0) is 21.4 Å². The lowest BCUT2D eigenvalue weighted by Crippen LogP contribution is -2.51. The van der Waals surface area contributed by atoms with Gasteiger partial charge in [-0.1, -0.05) is 35.9 Å². The Hall–Kier alpha value is -1.89. The second-order valence-electron chi connectivity index (χ2n) is 7.57. The number of nitrogens with one attached hydrogen (secondary N) is 1. The molecule has 1 amide bonds. The quantitative estimate of drug-likeness (QED) is 0.800. The maximum Gasteiger partial charge on any atom is 0.243 e. The van der Waals surface area contributed by atoms with Gasteiger partial charge >= 0.3 is 0 Å². The maximum absolute atomic E-state index is 13.0. The van der Waals surface area contributed by atoms with E-state index in [0.717, 1.165) is 11.1 Å². The Labute approximate surface area is 171 Å². The van der Waals surface area contributed by atoms with Crippen LogP contribution in [0.3, 0.4) is 0 Å². The second-order valence-corrected chi connectivity index (χ2v) is 9.94. The highest BCUT2D eigenvalue weighted by molar-refractivity contribution is 7.89. The average Bonchev–Trinajstić information content (AvgIpc) is 2.67. The molecule has 1 unspecified atom stereocenters. The molecule has 1 N–H and O–H groups in total. The largest absolute Gasteiger partial charge is 0.352 e. The molecule has 1 heterocycles. The Kier molecular flexibility index (Phi) is 6.12. The summed E-state index contributed by atoms with van der Waals surface area (Å²) in [6, 6.07) is 14.0. The van der Waals surface area contributed by atoms with Crippen LogP contribution in [0.5, 0.6) is 0 Å². The summed E-state index contributed by atoms with van der Waals surface area (Å²) in [7, 11) is -3.66. The van der Waals surface area contributed by atoms with Gasteiger partial charge in [0, 0.05) is 24.7 Å². The molecule has 1 aliphatic rings. The fourth-order valence-electron chi connectivity index (χ4n) is 3.54. The lowest BCUT2D eigenvalue weighted by molar-refractivity contribution is -0.132. The molecule has 0 saturated carbocycles. The van der Waals surface area contributed by atoms with Gasteiger partial charge in [-0.25, -0.2) is 8.42 Å². The molecular formula is C21H25ClN2O3S. The zero-order chi connectivity index (χ0) is 20.4. The summed E-state index contributed by atoms with van der Waals surface area (Å²) in [6.45, 7) is 4.85. The maximum atomic E-state index is 13.0. The third kappa shape index (κ3) is 4.40. The van der Waals surface area contributed by atoms with Crippen LogP contribution in [0.25, 0.3) is 0 Å². The Morgan fingerprint density at radius 1 is 1.18 bits per heavy atom. The van der Waals surface area contributed by atoms with Gasteiger partial charge < -0.3 is 5.32 Å². The first-order valence-electron chi connectivity index (χ1n) is 9.31. The molecule has 0 spiro atoms. The normalized spacial score (nSPS) is 20.7. The van der Waals surface area contributed by atoms with Crippen LogP contribution in [-0.4, -0.2) is 31.7 Å². The summed E-state index contributed by atoms with van der Waals surface area (Å²) in [6.07, 6.45) is 1.29. The van der Waals surface area contributed by atoms with Gasteiger partial charge in [-0.2, -0.15) is 4.31 Å². The van der Waals surface area contributed by atoms with E-state index in [-0.39, 0.29) is 17.3 Å². The summed E-state index contributed by atoms with van der Waals surface area (Å²) in [5.74, 6) is -0.119. The van der Waals surface area contributed by atoms with Gasteiger partial charge in [0.1, 0.15) is 0 Å². The van der Waals surface area contributed by atoms with E-state index in [1.165, 1.54) is 16.4 Å². The van der Waals surface area contributed by atoms with Gasteiger partial charge in [0.2, 0.25) is 15.9 Å². The number of rotatable bonds is 5. The minimum atomic E-state index is -3.66. The SMILES string of the molecule is Cc1ccccc1CNC(=O)C1(C)CCCN(S(=O)(=O)c2ccc(Cl)cc2)C1. The van der Waals surface area contributed by atoms with Gasteiger partial charge in [-0.3, -0.25) is 4.79 Å². The van der Waals surface area contributed by atoms with Crippen molar-refractivity contribution in [3.63, 3.8) is 0 Å². The first-order chi connectivity index (χ1) is 13.2. The molecule has 1 saturated heterocycles. The number of halogens is 1. The van der Waals surface area contributed by atoms with Crippen molar-refractivity contribution in [3.8, 4) is 0 Å². The fourth-order valence-corrected chi connectivity index (χ4v) is 5.26. The number of carbonyl (C=O) groups excluding carboxylic acids is 1. The summed E-state index contributed by atoms with van der Waals surface area (Å²) < 4.78 is 27.4. The highest BCUT2D eigenvalue weighted by Gasteiger charge is 2.41. The highest BCUT2D eigenvalue weighted by atomic mass is 35.5. The number of hydrogen-bond acceptors (Lipinski definition) is 3. The van der Waals surface area contributed by atoms with E-state index in [0.29, 0.717) is 31.0 Å². The minimum absolute atomic E-state index is 0.119. The van der Waals surface area contributed by atoms with Crippen LogP contribution >= 0.6 is 11.6 Å². The van der Waals surface area contributed by atoms with Crippen LogP contribution in [0.2, 0.25) is 5.02 Å². The summed E-state index contributed by atoms with van der Waals surface area (Å²) >= 11 is 5.87. The minimum Gasteiger partial charge on any atom is -0.352 e. The standard InChI is InChI=1S/C21H25ClN2O3S/c1-16-6-3-4-7-17(16)14-23-20(25)21(2)12-5-13-24(15-21)28(26,27)19-10-8-18(22)9-11-19/h3-4,6-11H,5,12-15H2,1-2H3,(H,23,25). The molecule has 0 bridgehead atoms. The highest BCUT2D eigenvalue weighted by Crippen LogP contribution is 2.33. The van der Waals surface area contributed by atoms with E-state index in [2.05, 4.69) is 5.32 Å². The molecule has 5 nitrogen and oxygen atoms in total.